The molecule has 2 aromatic heterocycles. The highest BCUT2D eigenvalue weighted by molar-refractivity contribution is 7.98. The van der Waals surface area contributed by atoms with Gasteiger partial charge in [-0.2, -0.15) is 0 Å². The number of methoxy groups -OCH3 is 2. The number of nitrogens with one attached hydrogen (secondary N) is 1. The number of H-pyrrole nitrogens is 1. The van der Waals surface area contributed by atoms with Crippen LogP contribution in [0.25, 0.3) is 11.4 Å². The maximum absolute atomic E-state index is 11.3. The fourth-order valence-corrected chi connectivity index (χ4v) is 2.68. The van der Waals surface area contributed by atoms with Gasteiger partial charge in [-0.3, -0.25) is 5.10 Å². The van der Waals surface area contributed by atoms with Crippen molar-refractivity contribution in [2.45, 2.75) is 10.9 Å². The van der Waals surface area contributed by atoms with Crippen LogP contribution < -0.4 is 4.74 Å². The number of ether oxygens (including phenoxy) is 2. The Hall–Kier alpha value is -2.74. The highest BCUT2D eigenvalue weighted by atomic mass is 32.2. The summed E-state index contributed by atoms with van der Waals surface area (Å²) >= 11 is 1.41. The number of benzene rings is 1. The largest absolute Gasteiger partial charge is 0.497 e. The number of thioether (sulfide) groups is 1. The van der Waals surface area contributed by atoms with Crippen molar-refractivity contribution in [2.24, 2.45) is 0 Å². The number of carbonyl (C=O) groups excluding carboxylic acids is 1. The maximum atomic E-state index is 11.3. The Labute approximate surface area is 142 Å². The molecule has 0 fully saturated rings. The van der Waals surface area contributed by atoms with E-state index < -0.39 is 5.97 Å². The molecule has 0 aliphatic rings. The summed E-state index contributed by atoms with van der Waals surface area (Å²) in [6.07, 6.45) is 0. The summed E-state index contributed by atoms with van der Waals surface area (Å²) in [5, 5.41) is 7.67. The van der Waals surface area contributed by atoms with Crippen LogP contribution in [0.4, 0.5) is 0 Å². The summed E-state index contributed by atoms with van der Waals surface area (Å²) in [5.74, 6) is 2.31. The lowest BCUT2D eigenvalue weighted by molar-refractivity contribution is 0.0563. The molecule has 1 N–H and O–H groups in total. The van der Waals surface area contributed by atoms with Crippen LogP contribution in [0.1, 0.15) is 16.3 Å². The van der Waals surface area contributed by atoms with E-state index in [0.717, 1.165) is 11.3 Å². The van der Waals surface area contributed by atoms with Crippen molar-refractivity contribution >= 4 is 17.7 Å². The van der Waals surface area contributed by atoms with E-state index in [1.54, 1.807) is 19.2 Å². The number of hydrogen-bond donors (Lipinski definition) is 1. The third-order valence-electron chi connectivity index (χ3n) is 3.22. The van der Waals surface area contributed by atoms with Crippen LogP contribution in [0.15, 0.2) is 46.0 Å². The molecule has 0 spiro atoms. The summed E-state index contributed by atoms with van der Waals surface area (Å²) < 4.78 is 15.1. The van der Waals surface area contributed by atoms with E-state index in [1.165, 1.54) is 18.9 Å². The topological polar surface area (TPSA) is 90.2 Å². The number of furan rings is 1. The number of nitrogens with zero attached hydrogens (tertiary/aromatic N) is 2. The van der Waals surface area contributed by atoms with Gasteiger partial charge in [0.2, 0.25) is 10.9 Å². The predicted molar refractivity (Wildman–Crippen MR) is 88.0 cm³/mol. The van der Waals surface area contributed by atoms with Gasteiger partial charge in [0.05, 0.1) is 20.0 Å². The lowest BCUT2D eigenvalue weighted by Crippen LogP contribution is -1.98. The van der Waals surface area contributed by atoms with Crippen molar-refractivity contribution in [1.82, 2.24) is 15.2 Å². The van der Waals surface area contributed by atoms with Gasteiger partial charge >= 0.3 is 5.97 Å². The molecule has 0 aliphatic carbocycles. The molecule has 1 aromatic carbocycles. The van der Waals surface area contributed by atoms with Gasteiger partial charge in [0, 0.05) is 5.56 Å². The number of esters is 1. The molecule has 3 aromatic rings. The van der Waals surface area contributed by atoms with Crippen LogP contribution in [0.2, 0.25) is 0 Å². The Morgan fingerprint density at radius 3 is 2.71 bits per heavy atom. The van der Waals surface area contributed by atoms with E-state index in [9.17, 15) is 4.79 Å². The highest BCUT2D eigenvalue weighted by Crippen LogP contribution is 2.24. The first kappa shape index (κ1) is 16.1. The molecule has 0 atom stereocenters. The molecular weight excluding hydrogens is 330 g/mol. The second kappa shape index (κ2) is 7.22. The monoisotopic (exact) mass is 345 g/mol. The molecule has 3 rings (SSSR count). The first-order valence-electron chi connectivity index (χ1n) is 7.06. The van der Waals surface area contributed by atoms with Gasteiger partial charge in [0.1, 0.15) is 11.5 Å². The minimum atomic E-state index is -0.495. The second-order valence-corrected chi connectivity index (χ2v) is 5.68. The van der Waals surface area contributed by atoms with E-state index in [-0.39, 0.29) is 5.76 Å². The average molecular weight is 345 g/mol. The number of aromatic amines is 1. The van der Waals surface area contributed by atoms with E-state index in [4.69, 9.17) is 9.15 Å². The van der Waals surface area contributed by atoms with Crippen LogP contribution >= 0.6 is 11.8 Å². The highest BCUT2D eigenvalue weighted by Gasteiger charge is 2.12. The number of hydrogen-bond acceptors (Lipinski definition) is 7. The fourth-order valence-electron chi connectivity index (χ4n) is 1.99. The molecule has 0 unspecified atom stereocenters. The van der Waals surface area contributed by atoms with Crippen LogP contribution in [0, 0.1) is 0 Å². The Bertz CT molecular complexity index is 826. The van der Waals surface area contributed by atoms with E-state index in [0.29, 0.717) is 22.5 Å². The van der Waals surface area contributed by atoms with Crippen molar-refractivity contribution in [3.63, 3.8) is 0 Å². The Morgan fingerprint density at radius 1 is 1.21 bits per heavy atom. The zero-order valence-corrected chi connectivity index (χ0v) is 13.9. The molecule has 7 nitrogen and oxygen atoms in total. The maximum Gasteiger partial charge on any atom is 0.373 e. The minimum absolute atomic E-state index is 0.182. The Kier molecular flexibility index (Phi) is 4.85. The molecule has 0 radical (unpaired) electrons. The summed E-state index contributed by atoms with van der Waals surface area (Å²) in [4.78, 5) is 15.8. The zero-order valence-electron chi connectivity index (χ0n) is 13.1. The smallest absolute Gasteiger partial charge is 0.373 e. The van der Waals surface area contributed by atoms with Gasteiger partial charge in [0.15, 0.2) is 5.82 Å². The molecule has 8 heteroatoms. The van der Waals surface area contributed by atoms with Gasteiger partial charge < -0.3 is 13.9 Å². The molecule has 0 aliphatic heterocycles. The summed E-state index contributed by atoms with van der Waals surface area (Å²) in [6, 6.07) is 10.9. The zero-order chi connectivity index (χ0) is 16.9. The fraction of sp³-hybridized carbons (Fsp3) is 0.188. The van der Waals surface area contributed by atoms with Crippen molar-refractivity contribution in [2.75, 3.05) is 14.2 Å². The first-order chi connectivity index (χ1) is 11.7. The third kappa shape index (κ3) is 3.60. The average Bonchev–Trinajstić information content (AvgIpc) is 3.29. The van der Waals surface area contributed by atoms with Crippen LogP contribution in [-0.4, -0.2) is 35.4 Å². The SMILES string of the molecule is COC(=O)c1ccc(CSc2n[nH]c(-c3ccc(OC)cc3)n2)o1. The summed E-state index contributed by atoms with van der Waals surface area (Å²) in [7, 11) is 2.94. The number of aromatic nitrogens is 3. The quantitative estimate of drug-likeness (QED) is 0.542. The summed E-state index contributed by atoms with van der Waals surface area (Å²) in [6.45, 7) is 0. The van der Waals surface area contributed by atoms with Gasteiger partial charge in [0.25, 0.3) is 0 Å². The molecule has 0 saturated carbocycles. The predicted octanol–water partition coefficient (Wildman–Crippen LogP) is 3.15. The van der Waals surface area contributed by atoms with E-state index in [1.807, 2.05) is 24.3 Å². The van der Waals surface area contributed by atoms with Crippen molar-refractivity contribution in [3.05, 3.63) is 47.9 Å². The molecule has 24 heavy (non-hydrogen) atoms. The lowest BCUT2D eigenvalue weighted by Gasteiger charge is -1.99. The first-order valence-corrected chi connectivity index (χ1v) is 8.05. The third-order valence-corrected chi connectivity index (χ3v) is 4.09. The number of carbonyl (C=O) groups is 1. The van der Waals surface area contributed by atoms with Gasteiger partial charge in [-0.1, -0.05) is 11.8 Å². The second-order valence-electron chi connectivity index (χ2n) is 4.74. The Balaban J connectivity index is 1.63. The van der Waals surface area contributed by atoms with E-state index in [2.05, 4.69) is 19.9 Å². The van der Waals surface area contributed by atoms with Crippen LogP contribution in [0.3, 0.4) is 0 Å². The standard InChI is InChI=1S/C16H15N3O4S/c1-21-11-5-3-10(4-6-11)14-17-16(19-18-14)24-9-12-7-8-13(23-12)15(20)22-2/h3-8H,9H2,1-2H3,(H,17,18,19). The summed E-state index contributed by atoms with van der Waals surface area (Å²) in [5.41, 5.74) is 0.918. The van der Waals surface area contributed by atoms with Crippen LogP contribution in [0.5, 0.6) is 5.75 Å². The lowest BCUT2D eigenvalue weighted by atomic mass is 10.2. The molecule has 2 heterocycles. The van der Waals surface area contributed by atoms with Crippen LogP contribution in [-0.2, 0) is 10.5 Å². The minimum Gasteiger partial charge on any atom is -0.497 e. The molecule has 0 bridgehead atoms. The van der Waals surface area contributed by atoms with E-state index >= 15 is 0 Å². The van der Waals surface area contributed by atoms with Gasteiger partial charge in [-0.05, 0) is 36.4 Å². The molecule has 0 saturated heterocycles. The van der Waals surface area contributed by atoms with Crippen molar-refractivity contribution < 1.29 is 18.7 Å². The van der Waals surface area contributed by atoms with Gasteiger partial charge in [-0.15, -0.1) is 5.10 Å². The Morgan fingerprint density at radius 2 is 2.00 bits per heavy atom. The number of rotatable bonds is 6. The normalized spacial score (nSPS) is 10.6. The molecule has 124 valence electrons. The van der Waals surface area contributed by atoms with Crippen molar-refractivity contribution in [3.8, 4) is 17.1 Å². The molecular formula is C16H15N3O4S. The molecule has 0 amide bonds. The van der Waals surface area contributed by atoms with Gasteiger partial charge in [-0.25, -0.2) is 9.78 Å². The van der Waals surface area contributed by atoms with Crippen molar-refractivity contribution in [1.29, 1.82) is 0 Å².